The van der Waals surface area contributed by atoms with Gasteiger partial charge in [-0.25, -0.2) is 0 Å². The number of halogens is 1. The van der Waals surface area contributed by atoms with Gasteiger partial charge in [-0.2, -0.15) is 0 Å². The van der Waals surface area contributed by atoms with Crippen LogP contribution in [-0.4, -0.2) is 18.0 Å². The number of hydrogen-bond acceptors (Lipinski definition) is 2. The van der Waals surface area contributed by atoms with E-state index in [1.165, 1.54) is 0 Å². The van der Waals surface area contributed by atoms with E-state index < -0.39 is 0 Å². The first-order valence-electron chi connectivity index (χ1n) is 7.43. The molecule has 108 valence electrons. The number of benzene rings is 1. The van der Waals surface area contributed by atoms with E-state index in [1.807, 2.05) is 24.3 Å². The first-order valence-corrected chi connectivity index (χ1v) is 7.80. The van der Waals surface area contributed by atoms with Gasteiger partial charge in [-0.15, -0.1) is 0 Å². The highest BCUT2D eigenvalue weighted by atomic mass is 35.5. The molecular formula is C16H21ClN2O. The molecule has 4 heteroatoms. The number of rotatable bonds is 3. The Hall–Kier alpha value is -1.06. The molecule has 3 rings (SSSR count). The van der Waals surface area contributed by atoms with Gasteiger partial charge in [-0.1, -0.05) is 23.7 Å². The molecule has 2 aliphatic carbocycles. The third kappa shape index (κ3) is 2.70. The molecule has 3 nitrogen and oxygen atoms in total. The van der Waals surface area contributed by atoms with Crippen molar-refractivity contribution >= 4 is 17.5 Å². The molecule has 0 atom stereocenters. The minimum atomic E-state index is -0.329. The molecule has 2 aliphatic rings. The van der Waals surface area contributed by atoms with Crippen LogP contribution in [0.3, 0.4) is 0 Å². The van der Waals surface area contributed by atoms with Crippen molar-refractivity contribution in [1.29, 1.82) is 0 Å². The molecule has 0 aliphatic heterocycles. The maximum atomic E-state index is 12.6. The van der Waals surface area contributed by atoms with E-state index in [4.69, 9.17) is 17.3 Å². The lowest BCUT2D eigenvalue weighted by molar-refractivity contribution is -0.124. The lowest BCUT2D eigenvalue weighted by atomic mass is 9.90. The zero-order chi connectivity index (χ0) is 14.2. The molecule has 1 aromatic carbocycles. The predicted octanol–water partition coefficient (Wildman–Crippen LogP) is 2.76. The average molecular weight is 293 g/mol. The lowest BCUT2D eigenvalue weighted by Gasteiger charge is -2.28. The van der Waals surface area contributed by atoms with Crippen molar-refractivity contribution in [2.45, 2.75) is 56.0 Å². The monoisotopic (exact) mass is 292 g/mol. The van der Waals surface area contributed by atoms with Crippen LogP contribution in [0.1, 0.15) is 44.1 Å². The number of nitrogens with two attached hydrogens (primary N) is 1. The van der Waals surface area contributed by atoms with Crippen molar-refractivity contribution in [2.75, 3.05) is 0 Å². The van der Waals surface area contributed by atoms with Crippen molar-refractivity contribution in [1.82, 2.24) is 5.32 Å². The van der Waals surface area contributed by atoms with Gasteiger partial charge in [0.1, 0.15) is 0 Å². The molecule has 0 radical (unpaired) electrons. The molecule has 20 heavy (non-hydrogen) atoms. The van der Waals surface area contributed by atoms with Crippen LogP contribution in [0.2, 0.25) is 5.02 Å². The fourth-order valence-corrected chi connectivity index (χ4v) is 3.34. The van der Waals surface area contributed by atoms with E-state index in [2.05, 4.69) is 5.32 Å². The molecule has 0 heterocycles. The van der Waals surface area contributed by atoms with E-state index in [-0.39, 0.29) is 11.3 Å². The second-order valence-corrected chi connectivity index (χ2v) is 6.61. The quantitative estimate of drug-likeness (QED) is 0.900. The van der Waals surface area contributed by atoms with Gasteiger partial charge in [-0.05, 0) is 56.2 Å². The third-order valence-corrected chi connectivity index (χ3v) is 4.90. The summed E-state index contributed by atoms with van der Waals surface area (Å²) in [6.07, 6.45) is 5.86. The van der Waals surface area contributed by atoms with Crippen LogP contribution in [0.25, 0.3) is 0 Å². The van der Waals surface area contributed by atoms with Crippen LogP contribution in [0.15, 0.2) is 24.3 Å². The van der Waals surface area contributed by atoms with Gasteiger partial charge >= 0.3 is 0 Å². The van der Waals surface area contributed by atoms with Gasteiger partial charge < -0.3 is 11.1 Å². The standard InChI is InChI=1S/C16H21ClN2O/c17-12-3-1-2-11(10-12)16(8-9-16)15(20)19-14-6-4-13(18)5-7-14/h1-3,10,13-14H,4-9,18H2,(H,19,20). The average Bonchev–Trinajstić information content (AvgIpc) is 3.23. The van der Waals surface area contributed by atoms with Crippen LogP contribution in [-0.2, 0) is 10.2 Å². The van der Waals surface area contributed by atoms with Crippen molar-refractivity contribution in [3.63, 3.8) is 0 Å². The summed E-state index contributed by atoms with van der Waals surface area (Å²) in [4.78, 5) is 12.6. The van der Waals surface area contributed by atoms with E-state index in [9.17, 15) is 4.79 Å². The molecule has 2 saturated carbocycles. The highest BCUT2D eigenvalue weighted by molar-refractivity contribution is 6.30. The Morgan fingerprint density at radius 2 is 1.95 bits per heavy atom. The zero-order valence-corrected chi connectivity index (χ0v) is 12.3. The Kier molecular flexibility index (Phi) is 3.74. The normalized spacial score (nSPS) is 27.9. The number of amides is 1. The summed E-state index contributed by atoms with van der Waals surface area (Å²) < 4.78 is 0. The van der Waals surface area contributed by atoms with Crippen LogP contribution in [0, 0.1) is 0 Å². The summed E-state index contributed by atoms with van der Waals surface area (Å²) in [6.45, 7) is 0. The smallest absolute Gasteiger partial charge is 0.230 e. The second-order valence-electron chi connectivity index (χ2n) is 6.18. The molecule has 0 aromatic heterocycles. The van der Waals surface area contributed by atoms with Crippen molar-refractivity contribution in [2.24, 2.45) is 5.73 Å². The molecule has 1 amide bonds. The summed E-state index contributed by atoms with van der Waals surface area (Å²) >= 11 is 6.05. The number of nitrogens with one attached hydrogen (secondary N) is 1. The van der Waals surface area contributed by atoms with E-state index >= 15 is 0 Å². The third-order valence-electron chi connectivity index (χ3n) is 4.67. The van der Waals surface area contributed by atoms with Gasteiger partial charge in [0.05, 0.1) is 5.41 Å². The van der Waals surface area contributed by atoms with Gasteiger partial charge in [0, 0.05) is 17.1 Å². The van der Waals surface area contributed by atoms with Crippen LogP contribution < -0.4 is 11.1 Å². The Bertz CT molecular complexity index is 505. The SMILES string of the molecule is NC1CCC(NC(=O)C2(c3cccc(Cl)c3)CC2)CC1. The molecule has 0 bridgehead atoms. The summed E-state index contributed by atoms with van der Waals surface area (Å²) in [6, 6.07) is 8.30. The topological polar surface area (TPSA) is 55.1 Å². The second kappa shape index (κ2) is 5.38. The van der Waals surface area contributed by atoms with Crippen molar-refractivity contribution < 1.29 is 4.79 Å². The Balaban J connectivity index is 1.68. The summed E-state index contributed by atoms with van der Waals surface area (Å²) in [5.74, 6) is 0.167. The van der Waals surface area contributed by atoms with Crippen LogP contribution in [0.5, 0.6) is 0 Å². The molecular weight excluding hydrogens is 272 g/mol. The van der Waals surface area contributed by atoms with E-state index in [0.29, 0.717) is 17.1 Å². The Morgan fingerprint density at radius 1 is 1.25 bits per heavy atom. The van der Waals surface area contributed by atoms with Gasteiger partial charge in [0.15, 0.2) is 0 Å². The number of carbonyl (C=O) groups is 1. The van der Waals surface area contributed by atoms with Gasteiger partial charge in [-0.3, -0.25) is 4.79 Å². The summed E-state index contributed by atoms with van der Waals surface area (Å²) in [5, 5.41) is 3.92. The lowest BCUT2D eigenvalue weighted by Crippen LogP contribution is -2.44. The molecule has 2 fully saturated rings. The summed E-state index contributed by atoms with van der Waals surface area (Å²) in [5.41, 5.74) is 6.63. The van der Waals surface area contributed by atoms with Crippen molar-refractivity contribution in [3.05, 3.63) is 34.9 Å². The highest BCUT2D eigenvalue weighted by Crippen LogP contribution is 2.49. The maximum absolute atomic E-state index is 12.6. The molecule has 3 N–H and O–H groups in total. The largest absolute Gasteiger partial charge is 0.353 e. The fraction of sp³-hybridized carbons (Fsp3) is 0.562. The zero-order valence-electron chi connectivity index (χ0n) is 11.6. The Labute approximate surface area is 124 Å². The molecule has 0 unspecified atom stereocenters. The van der Waals surface area contributed by atoms with Gasteiger partial charge in [0.2, 0.25) is 5.91 Å². The highest BCUT2D eigenvalue weighted by Gasteiger charge is 2.51. The van der Waals surface area contributed by atoms with E-state index in [1.54, 1.807) is 0 Å². The van der Waals surface area contributed by atoms with Gasteiger partial charge in [0.25, 0.3) is 0 Å². The van der Waals surface area contributed by atoms with E-state index in [0.717, 1.165) is 44.1 Å². The Morgan fingerprint density at radius 3 is 2.55 bits per heavy atom. The minimum absolute atomic E-state index is 0.167. The van der Waals surface area contributed by atoms with Crippen LogP contribution >= 0.6 is 11.6 Å². The number of hydrogen-bond donors (Lipinski definition) is 2. The molecule has 1 aromatic rings. The molecule has 0 saturated heterocycles. The maximum Gasteiger partial charge on any atom is 0.230 e. The fourth-order valence-electron chi connectivity index (χ4n) is 3.15. The summed E-state index contributed by atoms with van der Waals surface area (Å²) in [7, 11) is 0. The first kappa shape index (κ1) is 13.9. The molecule has 0 spiro atoms. The minimum Gasteiger partial charge on any atom is -0.353 e. The van der Waals surface area contributed by atoms with Crippen LogP contribution in [0.4, 0.5) is 0 Å². The predicted molar refractivity (Wildman–Crippen MR) is 80.7 cm³/mol. The van der Waals surface area contributed by atoms with Crippen molar-refractivity contribution in [3.8, 4) is 0 Å². The number of carbonyl (C=O) groups excluding carboxylic acids is 1. The first-order chi connectivity index (χ1) is 9.60.